The molecule has 3 aromatic carbocycles. The zero-order chi connectivity index (χ0) is 18.5. The van der Waals surface area contributed by atoms with Crippen LogP contribution in [0.25, 0.3) is 0 Å². The monoisotopic (exact) mass is 392 g/mol. The standard InChI is InChI=1S/C24H24OS2/c25-27(22-17-15-20(16-18-22)19-9-3-1-4-10-19)24-14-8-7-13-23(24)26-21-11-5-2-6-12-21/h2,5-8,11-19H,1,3-4,9-10H2. The Morgan fingerprint density at radius 3 is 2.15 bits per heavy atom. The Bertz CT molecular complexity index is 897. The van der Waals surface area contributed by atoms with Gasteiger partial charge in [-0.1, -0.05) is 73.5 Å². The Morgan fingerprint density at radius 1 is 0.741 bits per heavy atom. The Morgan fingerprint density at radius 2 is 1.41 bits per heavy atom. The number of hydrogen-bond donors (Lipinski definition) is 0. The van der Waals surface area contributed by atoms with Gasteiger partial charge in [0.05, 0.1) is 15.7 Å². The van der Waals surface area contributed by atoms with E-state index in [4.69, 9.17) is 0 Å². The fourth-order valence-corrected chi connectivity index (χ4v) is 6.03. The van der Waals surface area contributed by atoms with Crippen LogP contribution in [0.15, 0.2) is 98.4 Å². The molecule has 0 saturated heterocycles. The normalized spacial score (nSPS) is 16.1. The summed E-state index contributed by atoms with van der Waals surface area (Å²) < 4.78 is 13.2. The molecule has 0 aliphatic heterocycles. The molecule has 0 N–H and O–H groups in total. The van der Waals surface area contributed by atoms with Crippen LogP contribution in [0.1, 0.15) is 43.6 Å². The first kappa shape index (κ1) is 18.5. The maximum Gasteiger partial charge on any atom is 0.0861 e. The molecule has 4 rings (SSSR count). The number of rotatable bonds is 5. The lowest BCUT2D eigenvalue weighted by Crippen LogP contribution is -2.04. The summed E-state index contributed by atoms with van der Waals surface area (Å²) in [5.74, 6) is 0.683. The Kier molecular flexibility index (Phi) is 6.10. The van der Waals surface area contributed by atoms with Gasteiger partial charge in [0.25, 0.3) is 0 Å². The van der Waals surface area contributed by atoms with Gasteiger partial charge >= 0.3 is 0 Å². The zero-order valence-electron chi connectivity index (χ0n) is 15.3. The highest BCUT2D eigenvalue weighted by molar-refractivity contribution is 8.00. The van der Waals surface area contributed by atoms with E-state index >= 15 is 0 Å². The summed E-state index contributed by atoms with van der Waals surface area (Å²) in [5, 5.41) is 0. The van der Waals surface area contributed by atoms with Crippen LogP contribution in [-0.2, 0) is 10.8 Å². The van der Waals surface area contributed by atoms with Crippen LogP contribution in [0.4, 0.5) is 0 Å². The molecule has 0 heterocycles. The molecule has 1 saturated carbocycles. The lowest BCUT2D eigenvalue weighted by molar-refractivity contribution is 0.443. The summed E-state index contributed by atoms with van der Waals surface area (Å²) in [6.07, 6.45) is 6.62. The van der Waals surface area contributed by atoms with E-state index in [1.807, 2.05) is 36.4 Å². The second kappa shape index (κ2) is 8.90. The molecular formula is C24H24OS2. The molecule has 1 atom stereocenters. The highest BCUT2D eigenvalue weighted by atomic mass is 32.2. The second-order valence-corrected chi connectivity index (χ2v) is 9.60. The minimum atomic E-state index is -1.17. The van der Waals surface area contributed by atoms with Crippen molar-refractivity contribution in [3.63, 3.8) is 0 Å². The van der Waals surface area contributed by atoms with Crippen LogP contribution >= 0.6 is 11.8 Å². The minimum Gasteiger partial charge on any atom is -0.249 e. The molecule has 1 aliphatic carbocycles. The summed E-state index contributed by atoms with van der Waals surface area (Å²) in [5.41, 5.74) is 1.40. The lowest BCUT2D eigenvalue weighted by atomic mass is 9.84. The summed E-state index contributed by atoms with van der Waals surface area (Å²) in [7, 11) is -1.17. The molecule has 27 heavy (non-hydrogen) atoms. The van der Waals surface area contributed by atoms with Gasteiger partial charge in [-0.2, -0.15) is 0 Å². The van der Waals surface area contributed by atoms with Crippen molar-refractivity contribution in [3.05, 3.63) is 84.4 Å². The van der Waals surface area contributed by atoms with Crippen molar-refractivity contribution in [2.24, 2.45) is 0 Å². The van der Waals surface area contributed by atoms with Crippen molar-refractivity contribution < 1.29 is 4.21 Å². The second-order valence-electron chi connectivity index (χ2n) is 7.03. The van der Waals surface area contributed by atoms with E-state index in [1.54, 1.807) is 11.8 Å². The quantitative estimate of drug-likeness (QED) is 0.462. The molecule has 1 unspecified atom stereocenters. The van der Waals surface area contributed by atoms with Crippen LogP contribution < -0.4 is 0 Å². The first-order valence-corrected chi connectivity index (χ1v) is 11.6. The highest BCUT2D eigenvalue weighted by Crippen LogP contribution is 2.35. The van der Waals surface area contributed by atoms with Gasteiger partial charge < -0.3 is 0 Å². The van der Waals surface area contributed by atoms with E-state index in [1.165, 1.54) is 37.7 Å². The molecule has 0 amide bonds. The highest BCUT2D eigenvalue weighted by Gasteiger charge is 2.17. The third-order valence-electron chi connectivity index (χ3n) is 5.19. The van der Waals surface area contributed by atoms with E-state index in [2.05, 4.69) is 42.5 Å². The lowest BCUT2D eigenvalue weighted by Gasteiger charge is -2.22. The Hall–Kier alpha value is -1.84. The van der Waals surface area contributed by atoms with Crippen LogP contribution in [0.5, 0.6) is 0 Å². The Balaban J connectivity index is 1.56. The van der Waals surface area contributed by atoms with E-state index in [9.17, 15) is 4.21 Å². The van der Waals surface area contributed by atoms with Crippen LogP contribution in [0.3, 0.4) is 0 Å². The topological polar surface area (TPSA) is 17.1 Å². The van der Waals surface area contributed by atoms with Crippen LogP contribution in [-0.4, -0.2) is 4.21 Å². The summed E-state index contributed by atoms with van der Waals surface area (Å²) in [4.78, 5) is 3.99. The molecule has 3 aromatic rings. The third-order valence-corrected chi connectivity index (χ3v) is 7.86. The molecule has 138 valence electrons. The van der Waals surface area contributed by atoms with E-state index in [0.29, 0.717) is 5.92 Å². The average molecular weight is 393 g/mol. The van der Waals surface area contributed by atoms with Crippen molar-refractivity contribution >= 4 is 22.6 Å². The van der Waals surface area contributed by atoms with Gasteiger partial charge in [-0.25, -0.2) is 4.21 Å². The van der Waals surface area contributed by atoms with Gasteiger partial charge in [0.2, 0.25) is 0 Å². The molecule has 0 aromatic heterocycles. The SMILES string of the molecule is O=S(c1ccc(C2CCCCC2)cc1)c1ccccc1Sc1ccccc1. The van der Waals surface area contributed by atoms with Crippen molar-refractivity contribution in [3.8, 4) is 0 Å². The van der Waals surface area contributed by atoms with Gasteiger partial charge in [-0.05, 0) is 60.7 Å². The van der Waals surface area contributed by atoms with Crippen molar-refractivity contribution in [2.75, 3.05) is 0 Å². The molecule has 0 spiro atoms. The molecule has 0 radical (unpaired) electrons. The van der Waals surface area contributed by atoms with E-state index < -0.39 is 10.8 Å². The van der Waals surface area contributed by atoms with E-state index in [-0.39, 0.29) is 0 Å². The van der Waals surface area contributed by atoms with Crippen molar-refractivity contribution in [1.82, 2.24) is 0 Å². The fourth-order valence-electron chi connectivity index (χ4n) is 3.73. The molecule has 1 fully saturated rings. The van der Waals surface area contributed by atoms with Crippen molar-refractivity contribution in [1.29, 1.82) is 0 Å². The molecule has 0 bridgehead atoms. The number of benzene rings is 3. The molecule has 3 heteroatoms. The first-order valence-electron chi connectivity index (χ1n) is 9.65. The number of hydrogen-bond acceptors (Lipinski definition) is 2. The van der Waals surface area contributed by atoms with Gasteiger partial charge in [0.1, 0.15) is 0 Å². The van der Waals surface area contributed by atoms with Gasteiger partial charge in [0, 0.05) is 14.7 Å². The average Bonchev–Trinajstić information content (AvgIpc) is 2.75. The zero-order valence-corrected chi connectivity index (χ0v) is 17.0. The smallest absolute Gasteiger partial charge is 0.0861 e. The van der Waals surface area contributed by atoms with E-state index in [0.717, 1.165) is 19.6 Å². The summed E-state index contributed by atoms with van der Waals surface area (Å²) in [6.45, 7) is 0. The maximum atomic E-state index is 13.2. The largest absolute Gasteiger partial charge is 0.249 e. The molecule has 1 nitrogen and oxygen atoms in total. The molecule has 1 aliphatic rings. The predicted octanol–water partition coefficient (Wildman–Crippen LogP) is 7.05. The van der Waals surface area contributed by atoms with Gasteiger partial charge in [-0.3, -0.25) is 0 Å². The van der Waals surface area contributed by atoms with Gasteiger partial charge in [0.15, 0.2) is 0 Å². The van der Waals surface area contributed by atoms with Crippen LogP contribution in [0, 0.1) is 0 Å². The van der Waals surface area contributed by atoms with Crippen molar-refractivity contribution in [2.45, 2.75) is 57.6 Å². The first-order chi connectivity index (χ1) is 13.3. The third kappa shape index (κ3) is 4.53. The summed E-state index contributed by atoms with van der Waals surface area (Å²) >= 11 is 1.67. The van der Waals surface area contributed by atoms with Gasteiger partial charge in [-0.15, -0.1) is 0 Å². The maximum absolute atomic E-state index is 13.2. The Labute approximate surface area is 168 Å². The fraction of sp³-hybridized carbons (Fsp3) is 0.250. The molecular weight excluding hydrogens is 368 g/mol. The predicted molar refractivity (Wildman–Crippen MR) is 114 cm³/mol. The summed E-state index contributed by atoms with van der Waals surface area (Å²) in [6, 6.07) is 26.8. The minimum absolute atomic E-state index is 0.683. The van der Waals surface area contributed by atoms with Crippen LogP contribution in [0.2, 0.25) is 0 Å².